The van der Waals surface area contributed by atoms with Crippen molar-refractivity contribution >= 4 is 23.7 Å². The van der Waals surface area contributed by atoms with Crippen molar-refractivity contribution in [3.05, 3.63) is 35.7 Å². The molecule has 2 heterocycles. The monoisotopic (exact) mass is 424 g/mol. The first kappa shape index (κ1) is 20.6. The summed E-state index contributed by atoms with van der Waals surface area (Å²) in [5, 5.41) is 9.94. The summed E-state index contributed by atoms with van der Waals surface area (Å²) in [6.45, 7) is 6.66. The maximum atomic E-state index is 5.70. The number of hydrogen-bond donors (Lipinski definition) is 2. The minimum Gasteiger partial charge on any atom is -0.368 e. The molecule has 0 radical (unpaired) electrons. The summed E-state index contributed by atoms with van der Waals surface area (Å²) < 4.78 is 2.29. The Hall–Kier alpha value is -2.68. The van der Waals surface area contributed by atoms with E-state index in [2.05, 4.69) is 74.8 Å². The first-order chi connectivity index (χ1) is 14.3. The standard InChI is InChI=1S/C21H28N8S/c1-21(2,3)14-10-8-13(9-11-14)17-27-28-20(29(17)15-6-4-5-7-15)30-12-16-24-18(22)26-19(23)25-16/h8-11,15H,4-7,12H2,1-3H3,(H4,22,23,24,25,26). The lowest BCUT2D eigenvalue weighted by Crippen LogP contribution is -2.11. The van der Waals surface area contributed by atoms with Crippen molar-refractivity contribution in [3.63, 3.8) is 0 Å². The molecular formula is C21H28N8S. The molecule has 0 atom stereocenters. The smallest absolute Gasteiger partial charge is 0.225 e. The molecule has 0 aliphatic heterocycles. The van der Waals surface area contributed by atoms with Crippen LogP contribution in [0.2, 0.25) is 0 Å². The molecule has 4 rings (SSSR count). The van der Waals surface area contributed by atoms with Crippen LogP contribution in [0.3, 0.4) is 0 Å². The second-order valence-corrected chi connectivity index (χ2v) is 9.64. The number of hydrogen-bond acceptors (Lipinski definition) is 8. The molecule has 8 nitrogen and oxygen atoms in total. The highest BCUT2D eigenvalue weighted by Crippen LogP contribution is 2.37. The van der Waals surface area contributed by atoms with Crippen LogP contribution in [0.5, 0.6) is 0 Å². The molecule has 0 amide bonds. The van der Waals surface area contributed by atoms with Crippen molar-refractivity contribution in [2.75, 3.05) is 11.5 Å². The van der Waals surface area contributed by atoms with Crippen molar-refractivity contribution in [2.24, 2.45) is 0 Å². The average Bonchev–Trinajstić information content (AvgIpc) is 3.34. The van der Waals surface area contributed by atoms with Gasteiger partial charge in [0.2, 0.25) is 11.9 Å². The summed E-state index contributed by atoms with van der Waals surface area (Å²) >= 11 is 1.55. The van der Waals surface area contributed by atoms with Crippen LogP contribution in [0, 0.1) is 0 Å². The van der Waals surface area contributed by atoms with Gasteiger partial charge >= 0.3 is 0 Å². The Morgan fingerprint density at radius 2 is 1.60 bits per heavy atom. The number of nitrogens with two attached hydrogens (primary N) is 2. The van der Waals surface area contributed by atoms with E-state index in [9.17, 15) is 0 Å². The molecule has 0 unspecified atom stereocenters. The predicted octanol–water partition coefficient (Wildman–Crippen LogP) is 4.00. The Balaban J connectivity index is 1.64. The van der Waals surface area contributed by atoms with Crippen LogP contribution in [-0.2, 0) is 11.2 Å². The Labute approximate surface area is 180 Å². The van der Waals surface area contributed by atoms with Crippen molar-refractivity contribution in [1.82, 2.24) is 29.7 Å². The van der Waals surface area contributed by atoms with E-state index < -0.39 is 0 Å². The lowest BCUT2D eigenvalue weighted by molar-refractivity contribution is 0.485. The number of rotatable bonds is 5. The Morgan fingerprint density at radius 3 is 2.20 bits per heavy atom. The summed E-state index contributed by atoms with van der Waals surface area (Å²) in [7, 11) is 0. The Bertz CT molecular complexity index is 996. The van der Waals surface area contributed by atoms with Crippen LogP contribution >= 0.6 is 11.8 Å². The maximum absolute atomic E-state index is 5.70. The van der Waals surface area contributed by atoms with Gasteiger partial charge in [0.15, 0.2) is 11.0 Å². The number of nitrogen functional groups attached to an aromatic ring is 2. The molecule has 1 aliphatic carbocycles. The third-order valence-corrected chi connectivity index (χ3v) is 6.35. The summed E-state index contributed by atoms with van der Waals surface area (Å²) in [5.41, 5.74) is 13.9. The highest BCUT2D eigenvalue weighted by atomic mass is 32.2. The lowest BCUT2D eigenvalue weighted by Gasteiger charge is -2.20. The van der Waals surface area contributed by atoms with Gasteiger partial charge in [0, 0.05) is 11.6 Å². The zero-order valence-electron chi connectivity index (χ0n) is 17.7. The molecule has 30 heavy (non-hydrogen) atoms. The summed E-state index contributed by atoms with van der Waals surface area (Å²) in [5.74, 6) is 2.23. The lowest BCUT2D eigenvalue weighted by atomic mass is 9.86. The van der Waals surface area contributed by atoms with Gasteiger partial charge in [-0.2, -0.15) is 15.0 Å². The van der Waals surface area contributed by atoms with E-state index in [1.807, 2.05) is 0 Å². The van der Waals surface area contributed by atoms with Gasteiger partial charge in [-0.05, 0) is 23.8 Å². The molecule has 2 aromatic heterocycles. The fourth-order valence-electron chi connectivity index (χ4n) is 3.83. The minimum atomic E-state index is 0.118. The van der Waals surface area contributed by atoms with Gasteiger partial charge in [0.05, 0.1) is 5.75 Å². The summed E-state index contributed by atoms with van der Waals surface area (Å²) in [6, 6.07) is 9.09. The number of nitrogens with zero attached hydrogens (tertiary/aromatic N) is 6. The number of anilines is 2. The first-order valence-electron chi connectivity index (χ1n) is 10.3. The average molecular weight is 425 g/mol. The quantitative estimate of drug-likeness (QED) is 0.589. The maximum Gasteiger partial charge on any atom is 0.225 e. The van der Waals surface area contributed by atoms with Crippen molar-refractivity contribution in [1.29, 1.82) is 0 Å². The second-order valence-electron chi connectivity index (χ2n) is 8.70. The molecule has 4 N–H and O–H groups in total. The highest BCUT2D eigenvalue weighted by molar-refractivity contribution is 7.98. The normalized spacial score (nSPS) is 15.0. The molecule has 158 valence electrons. The number of thioether (sulfide) groups is 1. The molecule has 1 fully saturated rings. The van der Waals surface area contributed by atoms with E-state index in [4.69, 9.17) is 11.5 Å². The molecule has 0 saturated heterocycles. The Morgan fingerprint density at radius 1 is 0.967 bits per heavy atom. The van der Waals surface area contributed by atoms with Gasteiger partial charge in [0.1, 0.15) is 5.82 Å². The van der Waals surface area contributed by atoms with Gasteiger partial charge in [-0.25, -0.2) is 0 Å². The Kier molecular flexibility index (Phi) is 5.64. The highest BCUT2D eigenvalue weighted by Gasteiger charge is 2.25. The van der Waals surface area contributed by atoms with Crippen LogP contribution < -0.4 is 11.5 Å². The van der Waals surface area contributed by atoms with Gasteiger partial charge in [-0.15, -0.1) is 10.2 Å². The van der Waals surface area contributed by atoms with Gasteiger partial charge < -0.3 is 11.5 Å². The first-order valence-corrected chi connectivity index (χ1v) is 11.2. The third-order valence-electron chi connectivity index (χ3n) is 5.41. The largest absolute Gasteiger partial charge is 0.368 e. The van der Waals surface area contributed by atoms with E-state index in [1.54, 1.807) is 11.8 Å². The topological polar surface area (TPSA) is 121 Å². The fraction of sp³-hybridized carbons (Fsp3) is 0.476. The fourth-order valence-corrected chi connectivity index (χ4v) is 4.69. The molecule has 3 aromatic rings. The number of aromatic nitrogens is 6. The van der Waals surface area contributed by atoms with Crippen LogP contribution in [0.4, 0.5) is 11.9 Å². The summed E-state index contributed by atoms with van der Waals surface area (Å²) in [6.07, 6.45) is 4.75. The number of benzene rings is 1. The van der Waals surface area contributed by atoms with Gasteiger partial charge in [-0.1, -0.05) is 69.6 Å². The molecule has 0 spiro atoms. The SMILES string of the molecule is CC(C)(C)c1ccc(-c2nnc(SCc3nc(N)nc(N)n3)n2C2CCCC2)cc1. The van der Waals surface area contributed by atoms with E-state index in [0.717, 1.165) is 29.4 Å². The molecule has 9 heteroatoms. The minimum absolute atomic E-state index is 0.118. The zero-order valence-corrected chi connectivity index (χ0v) is 18.5. The van der Waals surface area contributed by atoms with Crippen molar-refractivity contribution in [2.45, 2.75) is 68.8 Å². The van der Waals surface area contributed by atoms with E-state index in [-0.39, 0.29) is 17.3 Å². The third kappa shape index (κ3) is 4.40. The van der Waals surface area contributed by atoms with Crippen molar-refractivity contribution in [3.8, 4) is 11.4 Å². The zero-order chi connectivity index (χ0) is 21.3. The van der Waals surface area contributed by atoms with Gasteiger partial charge in [-0.3, -0.25) is 4.57 Å². The van der Waals surface area contributed by atoms with E-state index in [1.165, 1.54) is 18.4 Å². The molecule has 0 bridgehead atoms. The molecule has 1 aliphatic rings. The van der Waals surface area contributed by atoms with Crippen LogP contribution in [-0.4, -0.2) is 29.7 Å². The second kappa shape index (κ2) is 8.22. The van der Waals surface area contributed by atoms with Crippen molar-refractivity contribution < 1.29 is 0 Å². The molecule has 1 aromatic carbocycles. The van der Waals surface area contributed by atoms with Gasteiger partial charge in [0.25, 0.3) is 0 Å². The molecule has 1 saturated carbocycles. The van der Waals surface area contributed by atoms with Crippen LogP contribution in [0.15, 0.2) is 29.4 Å². The predicted molar refractivity (Wildman–Crippen MR) is 120 cm³/mol. The van der Waals surface area contributed by atoms with Crippen LogP contribution in [0.25, 0.3) is 11.4 Å². The van der Waals surface area contributed by atoms with E-state index >= 15 is 0 Å². The van der Waals surface area contributed by atoms with Crippen LogP contribution in [0.1, 0.15) is 63.9 Å². The molecular weight excluding hydrogens is 396 g/mol. The summed E-state index contributed by atoms with van der Waals surface area (Å²) in [4.78, 5) is 12.2. The van der Waals surface area contributed by atoms with E-state index in [0.29, 0.717) is 17.6 Å².